The molecule has 6 nitrogen and oxygen atoms in total. The number of nitrogen functional groups attached to an aromatic ring is 1. The number of benzene rings is 2. The molecule has 3 rings (SSSR count). The molecule has 0 fully saturated rings. The van der Waals surface area contributed by atoms with Crippen molar-refractivity contribution in [2.24, 2.45) is 0 Å². The number of aromatic carboxylic acids is 1. The van der Waals surface area contributed by atoms with Crippen LogP contribution in [0.4, 0.5) is 10.1 Å². The van der Waals surface area contributed by atoms with Gasteiger partial charge in [-0.15, -0.1) is 0 Å². The maximum Gasteiger partial charge on any atom is 0.354 e. The summed E-state index contributed by atoms with van der Waals surface area (Å²) in [7, 11) is 0. The molecule has 7 heteroatoms. The smallest absolute Gasteiger partial charge is 0.354 e. The number of aromatic hydroxyl groups is 1. The molecule has 24 heavy (non-hydrogen) atoms. The summed E-state index contributed by atoms with van der Waals surface area (Å²) in [5, 5.41) is 19.1. The minimum Gasteiger partial charge on any atom is -0.506 e. The Morgan fingerprint density at radius 3 is 2.46 bits per heavy atom. The number of hydrogen-bond acceptors (Lipinski definition) is 5. The lowest BCUT2D eigenvalue weighted by Gasteiger charge is -2.11. The molecule has 3 aromatic rings. The normalized spacial score (nSPS) is 10.9. The summed E-state index contributed by atoms with van der Waals surface area (Å²) in [4.78, 5) is 22.7. The Morgan fingerprint density at radius 1 is 1.17 bits per heavy atom. The predicted octanol–water partition coefficient (Wildman–Crippen LogP) is 2.51. The van der Waals surface area contributed by atoms with Crippen molar-refractivity contribution in [1.29, 1.82) is 0 Å². The van der Waals surface area contributed by atoms with Gasteiger partial charge in [0.05, 0.1) is 5.39 Å². The standard InChI is InChI=1S/C17H12FNO5/c18-10-4-1-8(2-5-10)7-9-3-6-11-12(14(9)19)15(20)13(16(21)22)17(23)24-11/h1-6,20H,7,19H2,(H,21,22). The van der Waals surface area contributed by atoms with E-state index in [9.17, 15) is 19.1 Å². The average molecular weight is 329 g/mol. The second-order valence-electron chi connectivity index (χ2n) is 5.23. The number of rotatable bonds is 3. The summed E-state index contributed by atoms with van der Waals surface area (Å²) in [5.41, 5.74) is 5.45. The van der Waals surface area contributed by atoms with Gasteiger partial charge >= 0.3 is 11.6 Å². The van der Waals surface area contributed by atoms with Gasteiger partial charge in [-0.1, -0.05) is 18.2 Å². The summed E-state index contributed by atoms with van der Waals surface area (Å²) < 4.78 is 17.9. The van der Waals surface area contributed by atoms with Crippen molar-refractivity contribution in [3.8, 4) is 5.75 Å². The first kappa shape index (κ1) is 15.5. The van der Waals surface area contributed by atoms with Crippen LogP contribution in [0.2, 0.25) is 0 Å². The fraction of sp³-hybridized carbons (Fsp3) is 0.0588. The molecule has 122 valence electrons. The zero-order chi connectivity index (χ0) is 17.4. The molecular formula is C17H12FNO5. The van der Waals surface area contributed by atoms with Gasteiger partial charge in [-0.2, -0.15) is 0 Å². The van der Waals surface area contributed by atoms with E-state index in [1.54, 1.807) is 18.2 Å². The van der Waals surface area contributed by atoms with Crippen molar-refractivity contribution in [3.63, 3.8) is 0 Å². The molecule has 0 amide bonds. The van der Waals surface area contributed by atoms with E-state index in [1.807, 2.05) is 0 Å². The number of nitrogens with two attached hydrogens (primary N) is 1. The predicted molar refractivity (Wildman–Crippen MR) is 84.7 cm³/mol. The molecule has 2 aromatic carbocycles. The monoisotopic (exact) mass is 329 g/mol. The number of carbonyl (C=O) groups is 1. The summed E-state index contributed by atoms with van der Waals surface area (Å²) >= 11 is 0. The lowest BCUT2D eigenvalue weighted by Crippen LogP contribution is -2.14. The van der Waals surface area contributed by atoms with Crippen LogP contribution >= 0.6 is 0 Å². The number of halogens is 1. The number of carboxylic acid groups (broad SMARTS) is 1. The maximum atomic E-state index is 13.0. The fourth-order valence-corrected chi connectivity index (χ4v) is 2.51. The van der Waals surface area contributed by atoms with Crippen molar-refractivity contribution < 1.29 is 23.8 Å². The van der Waals surface area contributed by atoms with Crippen molar-refractivity contribution in [1.82, 2.24) is 0 Å². The Kier molecular flexibility index (Phi) is 3.69. The van der Waals surface area contributed by atoms with Gasteiger partial charge in [0.2, 0.25) is 0 Å². The van der Waals surface area contributed by atoms with Crippen LogP contribution in [0.15, 0.2) is 45.6 Å². The Hall–Kier alpha value is -3.35. The van der Waals surface area contributed by atoms with Crippen LogP contribution in [0.25, 0.3) is 11.0 Å². The SMILES string of the molecule is Nc1c(Cc2ccc(F)cc2)ccc2oc(=O)c(C(=O)O)c(O)c12. The molecular weight excluding hydrogens is 317 g/mol. The number of hydrogen-bond donors (Lipinski definition) is 3. The molecule has 0 unspecified atom stereocenters. The van der Waals surface area contributed by atoms with Crippen LogP contribution in [0.3, 0.4) is 0 Å². The van der Waals surface area contributed by atoms with Crippen LogP contribution in [0.1, 0.15) is 21.5 Å². The second kappa shape index (κ2) is 5.69. The summed E-state index contributed by atoms with van der Waals surface area (Å²) in [6.45, 7) is 0. The van der Waals surface area contributed by atoms with Gasteiger partial charge in [-0.3, -0.25) is 0 Å². The number of carboxylic acids is 1. The molecule has 0 bridgehead atoms. The van der Waals surface area contributed by atoms with Crippen LogP contribution in [-0.4, -0.2) is 16.2 Å². The zero-order valence-corrected chi connectivity index (χ0v) is 12.2. The highest BCUT2D eigenvalue weighted by atomic mass is 19.1. The molecule has 0 aliphatic carbocycles. The Morgan fingerprint density at radius 2 is 1.83 bits per heavy atom. The molecule has 0 saturated heterocycles. The van der Waals surface area contributed by atoms with Gasteiger partial charge in [0.1, 0.15) is 11.4 Å². The maximum absolute atomic E-state index is 13.0. The van der Waals surface area contributed by atoms with E-state index >= 15 is 0 Å². The molecule has 4 N–H and O–H groups in total. The summed E-state index contributed by atoms with van der Waals surface area (Å²) in [5.74, 6) is -2.70. The third kappa shape index (κ3) is 2.56. The fourth-order valence-electron chi connectivity index (χ4n) is 2.51. The third-order valence-electron chi connectivity index (χ3n) is 3.70. The molecule has 0 radical (unpaired) electrons. The van der Waals surface area contributed by atoms with Gasteiger partial charge in [0.25, 0.3) is 0 Å². The highest BCUT2D eigenvalue weighted by molar-refractivity contribution is 6.02. The largest absolute Gasteiger partial charge is 0.506 e. The Bertz CT molecular complexity index is 1010. The molecule has 1 heterocycles. The van der Waals surface area contributed by atoms with E-state index in [4.69, 9.17) is 15.3 Å². The van der Waals surface area contributed by atoms with Crippen molar-refractivity contribution >= 4 is 22.6 Å². The first-order valence-corrected chi connectivity index (χ1v) is 6.93. The lowest BCUT2D eigenvalue weighted by molar-refractivity contribution is 0.0689. The average Bonchev–Trinajstić information content (AvgIpc) is 2.51. The van der Waals surface area contributed by atoms with E-state index in [2.05, 4.69) is 0 Å². The zero-order valence-electron chi connectivity index (χ0n) is 12.2. The van der Waals surface area contributed by atoms with E-state index in [0.717, 1.165) is 5.56 Å². The van der Waals surface area contributed by atoms with E-state index in [1.165, 1.54) is 18.2 Å². The first-order valence-electron chi connectivity index (χ1n) is 6.93. The van der Waals surface area contributed by atoms with E-state index < -0.39 is 22.9 Å². The van der Waals surface area contributed by atoms with Gasteiger partial charge < -0.3 is 20.4 Å². The molecule has 0 aliphatic rings. The molecule has 1 aromatic heterocycles. The number of fused-ring (bicyclic) bond motifs is 1. The summed E-state index contributed by atoms with van der Waals surface area (Å²) in [6, 6.07) is 8.83. The third-order valence-corrected chi connectivity index (χ3v) is 3.70. The highest BCUT2D eigenvalue weighted by Gasteiger charge is 2.22. The van der Waals surface area contributed by atoms with Crippen LogP contribution < -0.4 is 11.4 Å². The van der Waals surface area contributed by atoms with Crippen LogP contribution in [-0.2, 0) is 6.42 Å². The Labute approximate surface area is 134 Å². The van der Waals surface area contributed by atoms with Gasteiger partial charge in [-0.05, 0) is 35.7 Å². The van der Waals surface area contributed by atoms with Gasteiger partial charge in [-0.25, -0.2) is 14.0 Å². The Balaban J connectivity index is 2.18. The minimum absolute atomic E-state index is 0.0112. The lowest BCUT2D eigenvalue weighted by atomic mass is 10.00. The second-order valence-corrected chi connectivity index (χ2v) is 5.23. The molecule has 0 spiro atoms. The van der Waals surface area contributed by atoms with Gasteiger partial charge in [0, 0.05) is 5.69 Å². The van der Waals surface area contributed by atoms with Crippen LogP contribution in [0, 0.1) is 5.82 Å². The molecule has 0 atom stereocenters. The number of anilines is 1. The minimum atomic E-state index is -1.61. The topological polar surface area (TPSA) is 114 Å². The first-order chi connectivity index (χ1) is 11.4. The molecule has 0 saturated carbocycles. The van der Waals surface area contributed by atoms with E-state index in [-0.39, 0.29) is 22.5 Å². The van der Waals surface area contributed by atoms with Crippen molar-refractivity contribution in [2.45, 2.75) is 6.42 Å². The van der Waals surface area contributed by atoms with Gasteiger partial charge in [0.15, 0.2) is 11.3 Å². The summed E-state index contributed by atoms with van der Waals surface area (Å²) in [6.07, 6.45) is 0.336. The van der Waals surface area contributed by atoms with Crippen molar-refractivity contribution in [3.05, 3.63) is 69.3 Å². The van der Waals surface area contributed by atoms with Crippen molar-refractivity contribution in [2.75, 3.05) is 5.73 Å². The van der Waals surface area contributed by atoms with Crippen LogP contribution in [0.5, 0.6) is 5.75 Å². The highest BCUT2D eigenvalue weighted by Crippen LogP contribution is 2.34. The quantitative estimate of drug-likeness (QED) is 0.502. The van der Waals surface area contributed by atoms with E-state index in [0.29, 0.717) is 12.0 Å². The molecule has 0 aliphatic heterocycles.